The molecule has 2 aromatic rings. The summed E-state index contributed by atoms with van der Waals surface area (Å²) in [4.78, 5) is 0. The third-order valence-corrected chi connectivity index (χ3v) is 4.38. The Morgan fingerprint density at radius 1 is 0.952 bits per heavy atom. The molecule has 21 heavy (non-hydrogen) atoms. The number of halogens is 3. The van der Waals surface area contributed by atoms with Gasteiger partial charge in [-0.2, -0.15) is 13.2 Å². The molecule has 0 bridgehead atoms. The maximum atomic E-state index is 12.8. The zero-order valence-corrected chi connectivity index (χ0v) is 11.8. The van der Waals surface area contributed by atoms with Gasteiger partial charge in [-0.15, -0.1) is 0 Å². The van der Waals surface area contributed by atoms with E-state index in [9.17, 15) is 13.2 Å². The molecule has 0 saturated heterocycles. The fourth-order valence-electron chi connectivity index (χ4n) is 2.52. The van der Waals surface area contributed by atoms with Crippen LogP contribution < -0.4 is 4.74 Å². The molecule has 5 heteroatoms. The quantitative estimate of drug-likeness (QED) is 0.773. The van der Waals surface area contributed by atoms with Crippen LogP contribution in [0, 0.1) is 0 Å². The predicted molar refractivity (Wildman–Crippen MR) is 77.4 cm³/mol. The van der Waals surface area contributed by atoms with Crippen molar-refractivity contribution in [2.75, 3.05) is 0 Å². The molecule has 0 aromatic heterocycles. The van der Waals surface area contributed by atoms with E-state index in [1.165, 1.54) is 0 Å². The molecule has 2 aromatic carbocycles. The lowest BCUT2D eigenvalue weighted by Crippen LogP contribution is -2.30. The van der Waals surface area contributed by atoms with E-state index in [0.717, 1.165) is 11.1 Å². The summed E-state index contributed by atoms with van der Waals surface area (Å²) in [7, 11) is 0. The van der Waals surface area contributed by atoms with Crippen molar-refractivity contribution in [2.45, 2.75) is 23.3 Å². The topological polar surface area (TPSA) is 9.23 Å². The number of ether oxygens (including phenoxy) is 1. The van der Waals surface area contributed by atoms with Gasteiger partial charge in [0.2, 0.25) is 0 Å². The van der Waals surface area contributed by atoms with Crippen LogP contribution in [0.5, 0.6) is 5.75 Å². The molecule has 110 valence electrons. The van der Waals surface area contributed by atoms with Gasteiger partial charge in [0.05, 0.1) is 5.25 Å². The van der Waals surface area contributed by atoms with Crippen LogP contribution >= 0.6 is 11.8 Å². The Bertz CT molecular complexity index is 612. The molecule has 0 radical (unpaired) electrons. The third kappa shape index (κ3) is 3.35. The molecule has 1 heterocycles. The van der Waals surface area contributed by atoms with Gasteiger partial charge in [-0.25, -0.2) is 0 Å². The predicted octanol–water partition coefficient (Wildman–Crippen LogP) is 4.98. The highest BCUT2D eigenvalue weighted by atomic mass is 32.2. The van der Waals surface area contributed by atoms with Crippen LogP contribution in [0.3, 0.4) is 0 Å². The van der Waals surface area contributed by atoms with Crippen LogP contribution in [0.1, 0.15) is 17.2 Å². The van der Waals surface area contributed by atoms with E-state index in [1.807, 2.05) is 48.5 Å². The minimum atomic E-state index is -4.27. The van der Waals surface area contributed by atoms with Gasteiger partial charge in [0, 0.05) is 0 Å². The molecule has 2 atom stereocenters. The molecule has 1 aliphatic heterocycles. The highest BCUT2D eigenvalue weighted by Crippen LogP contribution is 2.45. The summed E-state index contributed by atoms with van der Waals surface area (Å²) in [5.41, 5.74) is -2.67. The molecule has 1 aliphatic rings. The van der Waals surface area contributed by atoms with E-state index in [-0.39, 0.29) is 11.8 Å². The van der Waals surface area contributed by atoms with Crippen molar-refractivity contribution in [1.82, 2.24) is 0 Å². The summed E-state index contributed by atoms with van der Waals surface area (Å²) >= 11 is 0.0192. The number of hydrogen-bond acceptors (Lipinski definition) is 2. The normalized spacial score (nSPS) is 21.5. The number of alkyl halides is 3. The van der Waals surface area contributed by atoms with E-state index < -0.39 is 16.9 Å². The summed E-state index contributed by atoms with van der Waals surface area (Å²) in [6.07, 6.45) is -0.243. The molecule has 3 rings (SSSR count). The molecule has 0 fully saturated rings. The molecule has 0 saturated carbocycles. The molecular weight excluding hydrogens is 297 g/mol. The Hall–Kier alpha value is -1.62. The van der Waals surface area contributed by atoms with E-state index in [1.54, 1.807) is 6.07 Å². The van der Waals surface area contributed by atoms with Crippen molar-refractivity contribution < 1.29 is 17.9 Å². The van der Waals surface area contributed by atoms with Crippen LogP contribution in [0.2, 0.25) is 0 Å². The maximum Gasteiger partial charge on any atom is 0.442 e. The number of para-hydroxylation sites is 1. The Kier molecular flexibility index (Phi) is 3.85. The van der Waals surface area contributed by atoms with Gasteiger partial charge in [0.25, 0.3) is 0 Å². The molecule has 0 N–H and O–H groups in total. The highest BCUT2D eigenvalue weighted by molar-refractivity contribution is 8.00. The lowest BCUT2D eigenvalue weighted by atomic mass is 9.97. The van der Waals surface area contributed by atoms with Gasteiger partial charge < -0.3 is 4.74 Å². The lowest BCUT2D eigenvalue weighted by molar-refractivity contribution is -0.0344. The molecule has 0 spiro atoms. The maximum absolute atomic E-state index is 12.8. The van der Waals surface area contributed by atoms with Gasteiger partial charge in [0.1, 0.15) is 11.9 Å². The number of fused-ring (bicyclic) bond motifs is 1. The first kappa shape index (κ1) is 14.3. The Morgan fingerprint density at radius 3 is 2.33 bits per heavy atom. The van der Waals surface area contributed by atoms with Crippen LogP contribution in [0.4, 0.5) is 13.2 Å². The van der Waals surface area contributed by atoms with E-state index in [2.05, 4.69) is 0 Å². The first-order chi connectivity index (χ1) is 10.0. The monoisotopic (exact) mass is 310 g/mol. The van der Waals surface area contributed by atoms with E-state index in [4.69, 9.17) is 4.74 Å². The zero-order valence-electron chi connectivity index (χ0n) is 11.0. The third-order valence-electron chi connectivity index (χ3n) is 3.40. The first-order valence-corrected chi connectivity index (χ1v) is 7.45. The fourth-order valence-corrected chi connectivity index (χ4v) is 3.47. The van der Waals surface area contributed by atoms with Crippen molar-refractivity contribution in [1.29, 1.82) is 0 Å². The van der Waals surface area contributed by atoms with Gasteiger partial charge in [-0.3, -0.25) is 0 Å². The average molecular weight is 310 g/mol. The Labute approximate surface area is 125 Å². The Balaban J connectivity index is 1.95. The van der Waals surface area contributed by atoms with E-state index >= 15 is 0 Å². The smallest absolute Gasteiger partial charge is 0.442 e. The van der Waals surface area contributed by atoms with Crippen molar-refractivity contribution in [3.8, 4) is 5.75 Å². The van der Waals surface area contributed by atoms with Crippen LogP contribution in [0.15, 0.2) is 54.6 Å². The first-order valence-electron chi connectivity index (χ1n) is 6.57. The largest absolute Gasteiger partial charge is 0.484 e. The lowest BCUT2D eigenvalue weighted by Gasteiger charge is -2.33. The fraction of sp³-hybridized carbons (Fsp3) is 0.250. The Morgan fingerprint density at radius 2 is 1.62 bits per heavy atom. The minimum absolute atomic E-state index is 0.0192. The van der Waals surface area contributed by atoms with Gasteiger partial charge in [0.15, 0.2) is 0 Å². The zero-order chi connectivity index (χ0) is 14.9. The SMILES string of the molecule is FC(F)(F)S[C@@H]1Cc2ccccc2O[C@H]1c1ccccc1. The number of thioether (sulfide) groups is 1. The van der Waals surface area contributed by atoms with Crippen molar-refractivity contribution in [2.24, 2.45) is 0 Å². The standard InChI is InChI=1S/C16H13F3OS/c17-16(18,19)21-14-10-12-8-4-5-9-13(12)20-15(14)11-6-2-1-3-7-11/h1-9,14-15H,10H2/t14-,15+/m1/s1. The second-order valence-corrected chi connectivity index (χ2v) is 6.17. The van der Waals surface area contributed by atoms with Crippen molar-refractivity contribution in [3.63, 3.8) is 0 Å². The van der Waals surface area contributed by atoms with Crippen LogP contribution in [-0.2, 0) is 6.42 Å². The molecule has 1 nitrogen and oxygen atoms in total. The molecule has 0 aliphatic carbocycles. The number of benzene rings is 2. The van der Waals surface area contributed by atoms with Gasteiger partial charge >= 0.3 is 5.51 Å². The number of hydrogen-bond donors (Lipinski definition) is 0. The van der Waals surface area contributed by atoms with Crippen molar-refractivity contribution in [3.05, 3.63) is 65.7 Å². The highest BCUT2D eigenvalue weighted by Gasteiger charge is 2.40. The molecule has 0 amide bonds. The summed E-state index contributed by atoms with van der Waals surface area (Å²) in [6.45, 7) is 0. The molecule has 0 unspecified atom stereocenters. The van der Waals surface area contributed by atoms with E-state index in [0.29, 0.717) is 12.2 Å². The van der Waals surface area contributed by atoms with Gasteiger partial charge in [-0.05, 0) is 35.4 Å². The second kappa shape index (κ2) is 5.64. The summed E-state index contributed by atoms with van der Waals surface area (Å²) in [5.74, 6) is 0.672. The van der Waals surface area contributed by atoms with Crippen LogP contribution in [0.25, 0.3) is 0 Å². The van der Waals surface area contributed by atoms with Crippen molar-refractivity contribution >= 4 is 11.8 Å². The van der Waals surface area contributed by atoms with Crippen LogP contribution in [-0.4, -0.2) is 10.8 Å². The minimum Gasteiger partial charge on any atom is -0.484 e. The summed E-state index contributed by atoms with van der Waals surface area (Å²) in [6, 6.07) is 16.4. The summed E-state index contributed by atoms with van der Waals surface area (Å²) < 4.78 is 44.3. The average Bonchev–Trinajstić information content (AvgIpc) is 2.46. The van der Waals surface area contributed by atoms with Gasteiger partial charge in [-0.1, -0.05) is 48.5 Å². The number of rotatable bonds is 2. The summed E-state index contributed by atoms with van der Waals surface area (Å²) in [5, 5.41) is -0.678. The second-order valence-electron chi connectivity index (χ2n) is 4.86. The molecular formula is C16H13F3OS.